The molecule has 0 aromatic rings. The molecule has 1 saturated heterocycles. The molecule has 4 atom stereocenters. The van der Waals surface area contributed by atoms with Gasteiger partial charge in [-0.3, -0.25) is 0 Å². The highest BCUT2D eigenvalue weighted by Crippen LogP contribution is 2.37. The molecule has 3 N–H and O–H groups in total. The van der Waals surface area contributed by atoms with Gasteiger partial charge in [0.25, 0.3) is 0 Å². The third-order valence-electron chi connectivity index (χ3n) is 9.01. The predicted octanol–water partition coefficient (Wildman–Crippen LogP) is 8.88. The van der Waals surface area contributed by atoms with Crippen molar-refractivity contribution in [2.24, 2.45) is 5.92 Å². The van der Waals surface area contributed by atoms with Crippen molar-refractivity contribution in [3.8, 4) is 0 Å². The summed E-state index contributed by atoms with van der Waals surface area (Å²) in [5.41, 5.74) is 0.151. The Labute approximate surface area is 219 Å². The molecule has 0 aromatic carbocycles. The number of hydrogen-bond donors (Lipinski definition) is 3. The maximum atomic E-state index is 12.6. The topological polar surface area (TPSA) is 53.2 Å². The van der Waals surface area contributed by atoms with E-state index in [2.05, 4.69) is 57.5 Å². The largest absolute Gasteiger partial charge is 0.338 e. The minimum atomic E-state index is 0.0154. The Kier molecular flexibility index (Phi) is 17.0. The lowest BCUT2D eigenvalue weighted by atomic mass is 9.69. The Balaban J connectivity index is 2.01. The molecule has 0 bridgehead atoms. The van der Waals surface area contributed by atoms with Gasteiger partial charge in [-0.2, -0.15) is 0 Å². The maximum Gasteiger partial charge on any atom is 0.315 e. The number of rotatable bonds is 20. The molecule has 0 spiro atoms. The van der Waals surface area contributed by atoms with Crippen LogP contribution in [0.25, 0.3) is 0 Å². The molecular formula is C31H63N3O. The zero-order valence-corrected chi connectivity index (χ0v) is 24.7. The molecule has 1 aliphatic heterocycles. The van der Waals surface area contributed by atoms with Crippen LogP contribution in [0.5, 0.6) is 0 Å². The van der Waals surface area contributed by atoms with Crippen LogP contribution in [0.15, 0.2) is 0 Å². The molecule has 1 fully saturated rings. The van der Waals surface area contributed by atoms with E-state index in [0.717, 1.165) is 32.2 Å². The van der Waals surface area contributed by atoms with E-state index in [1.165, 1.54) is 96.3 Å². The van der Waals surface area contributed by atoms with Gasteiger partial charge in [0.2, 0.25) is 0 Å². The van der Waals surface area contributed by atoms with Crippen LogP contribution in [-0.4, -0.2) is 29.7 Å². The van der Waals surface area contributed by atoms with E-state index in [9.17, 15) is 4.79 Å². The van der Waals surface area contributed by atoms with Gasteiger partial charge in [-0.15, -0.1) is 0 Å². The van der Waals surface area contributed by atoms with Gasteiger partial charge in [-0.25, -0.2) is 4.79 Å². The number of piperidine rings is 1. The van der Waals surface area contributed by atoms with Crippen molar-refractivity contribution < 1.29 is 4.79 Å². The van der Waals surface area contributed by atoms with E-state index in [1.54, 1.807) is 0 Å². The number of unbranched alkanes of at least 4 members (excludes halogenated alkanes) is 15. The molecule has 0 aromatic heterocycles. The van der Waals surface area contributed by atoms with Crippen LogP contribution in [0.2, 0.25) is 0 Å². The summed E-state index contributed by atoms with van der Waals surface area (Å²) in [5.74, 6) is 0.411. The summed E-state index contributed by atoms with van der Waals surface area (Å²) in [6, 6.07) is 0.235. The van der Waals surface area contributed by atoms with Gasteiger partial charge in [-0.1, -0.05) is 124 Å². The molecule has 4 heteroatoms. The zero-order chi connectivity index (χ0) is 26.0. The van der Waals surface area contributed by atoms with E-state index >= 15 is 0 Å². The summed E-state index contributed by atoms with van der Waals surface area (Å²) in [7, 11) is 0. The first-order valence-corrected chi connectivity index (χ1v) is 15.6. The van der Waals surface area contributed by atoms with Crippen molar-refractivity contribution in [2.75, 3.05) is 6.54 Å². The standard InChI is InChI=1S/C31H63N3O/c1-7-10-11-12-13-14-15-16-17-18-19-20-21-22-23-24-25-32-29(35)33-28-26-30(5,8-2)34-31(6,9-3)27(28)4/h27-28,34H,7-26H2,1-6H3,(H2,32,33,35). The van der Waals surface area contributed by atoms with Crippen LogP contribution < -0.4 is 16.0 Å². The van der Waals surface area contributed by atoms with Crippen molar-refractivity contribution in [3.05, 3.63) is 0 Å². The molecule has 0 radical (unpaired) electrons. The maximum absolute atomic E-state index is 12.6. The minimum Gasteiger partial charge on any atom is -0.338 e. The number of amides is 2. The molecule has 1 aliphatic rings. The molecule has 208 valence electrons. The Morgan fingerprint density at radius 1 is 0.743 bits per heavy atom. The van der Waals surface area contributed by atoms with Crippen molar-refractivity contribution in [2.45, 2.75) is 181 Å². The second-order valence-electron chi connectivity index (χ2n) is 12.1. The average molecular weight is 494 g/mol. The van der Waals surface area contributed by atoms with Crippen LogP contribution in [0.4, 0.5) is 4.79 Å². The first kappa shape index (κ1) is 32.3. The molecule has 1 heterocycles. The lowest BCUT2D eigenvalue weighted by Crippen LogP contribution is -2.69. The molecular weight excluding hydrogens is 430 g/mol. The third-order valence-corrected chi connectivity index (χ3v) is 9.01. The smallest absolute Gasteiger partial charge is 0.315 e. The van der Waals surface area contributed by atoms with Crippen molar-refractivity contribution in [3.63, 3.8) is 0 Å². The van der Waals surface area contributed by atoms with Gasteiger partial charge in [-0.05, 0) is 45.4 Å². The van der Waals surface area contributed by atoms with Gasteiger partial charge in [0, 0.05) is 23.7 Å². The first-order valence-electron chi connectivity index (χ1n) is 15.6. The molecule has 35 heavy (non-hydrogen) atoms. The Morgan fingerprint density at radius 3 is 1.63 bits per heavy atom. The minimum absolute atomic E-state index is 0.0154. The fourth-order valence-electron chi connectivity index (χ4n) is 5.87. The Bertz CT molecular complexity index is 539. The summed E-state index contributed by atoms with van der Waals surface area (Å²) >= 11 is 0. The van der Waals surface area contributed by atoms with Gasteiger partial charge >= 0.3 is 6.03 Å². The predicted molar refractivity (Wildman–Crippen MR) is 154 cm³/mol. The quantitative estimate of drug-likeness (QED) is 0.148. The van der Waals surface area contributed by atoms with Gasteiger partial charge in [0.15, 0.2) is 0 Å². The number of carbonyl (C=O) groups is 1. The molecule has 1 rings (SSSR count). The van der Waals surface area contributed by atoms with E-state index < -0.39 is 0 Å². The van der Waals surface area contributed by atoms with Crippen molar-refractivity contribution >= 4 is 6.03 Å². The van der Waals surface area contributed by atoms with Crippen LogP contribution in [0.3, 0.4) is 0 Å². The lowest BCUT2D eigenvalue weighted by molar-refractivity contribution is 0.0624. The van der Waals surface area contributed by atoms with Crippen molar-refractivity contribution in [1.82, 2.24) is 16.0 Å². The molecule has 0 aliphatic carbocycles. The van der Waals surface area contributed by atoms with Gasteiger partial charge < -0.3 is 16.0 Å². The van der Waals surface area contributed by atoms with E-state index in [4.69, 9.17) is 0 Å². The third kappa shape index (κ3) is 13.4. The van der Waals surface area contributed by atoms with Crippen LogP contribution in [0, 0.1) is 5.92 Å². The highest BCUT2D eigenvalue weighted by molar-refractivity contribution is 5.74. The van der Waals surface area contributed by atoms with E-state index in [0.29, 0.717) is 5.92 Å². The van der Waals surface area contributed by atoms with Crippen LogP contribution in [0.1, 0.15) is 164 Å². The summed E-state index contributed by atoms with van der Waals surface area (Å²) in [4.78, 5) is 12.6. The van der Waals surface area contributed by atoms with Gasteiger partial charge in [0.05, 0.1) is 0 Å². The highest BCUT2D eigenvalue weighted by Gasteiger charge is 2.46. The molecule has 2 amide bonds. The van der Waals surface area contributed by atoms with E-state index in [-0.39, 0.29) is 23.2 Å². The Hall–Kier alpha value is -0.770. The summed E-state index contributed by atoms with van der Waals surface area (Å²) in [6.45, 7) is 14.5. The second-order valence-corrected chi connectivity index (χ2v) is 12.1. The van der Waals surface area contributed by atoms with Crippen molar-refractivity contribution in [1.29, 1.82) is 0 Å². The number of carbonyl (C=O) groups excluding carboxylic acids is 1. The summed E-state index contributed by atoms with van der Waals surface area (Å²) < 4.78 is 0. The normalized spacial score (nSPS) is 26.6. The van der Waals surface area contributed by atoms with E-state index in [1.807, 2.05) is 0 Å². The lowest BCUT2D eigenvalue weighted by Gasteiger charge is -2.53. The number of hydrogen-bond acceptors (Lipinski definition) is 2. The molecule has 0 saturated carbocycles. The average Bonchev–Trinajstić information content (AvgIpc) is 2.84. The summed E-state index contributed by atoms with van der Waals surface area (Å²) in [5, 5.41) is 10.3. The molecule has 4 nitrogen and oxygen atoms in total. The SMILES string of the molecule is CCCCCCCCCCCCCCCCCCNC(=O)NC1CC(C)(CC)NC(C)(CC)C1C. The first-order chi connectivity index (χ1) is 16.8. The number of nitrogens with one attached hydrogen (secondary N) is 3. The fraction of sp³-hybridized carbons (Fsp3) is 0.968. The summed E-state index contributed by atoms with van der Waals surface area (Å²) in [6.07, 6.45) is 25.2. The Morgan fingerprint density at radius 2 is 1.20 bits per heavy atom. The fourth-order valence-corrected chi connectivity index (χ4v) is 5.87. The molecule has 4 unspecified atom stereocenters. The monoisotopic (exact) mass is 493 g/mol. The van der Waals surface area contributed by atoms with Crippen LogP contribution in [-0.2, 0) is 0 Å². The zero-order valence-electron chi connectivity index (χ0n) is 24.7. The highest BCUT2D eigenvalue weighted by atomic mass is 16.2. The van der Waals surface area contributed by atoms with Gasteiger partial charge in [0.1, 0.15) is 0 Å². The van der Waals surface area contributed by atoms with Crippen LogP contribution >= 0.6 is 0 Å². The second kappa shape index (κ2) is 18.5. The number of urea groups is 1.